The van der Waals surface area contributed by atoms with Gasteiger partial charge in [0, 0.05) is 30.9 Å². The van der Waals surface area contributed by atoms with Crippen LogP contribution in [0.1, 0.15) is 50.6 Å². The molecule has 3 heteroatoms. The molecule has 0 N–H and O–H groups in total. The highest BCUT2D eigenvalue weighted by Crippen LogP contribution is 2.35. The first-order valence-electron chi connectivity index (χ1n) is 7.84. The second-order valence-electron chi connectivity index (χ2n) is 5.75. The summed E-state index contributed by atoms with van der Waals surface area (Å²) in [5.41, 5.74) is 1.46. The number of rotatable bonds is 3. The minimum atomic E-state index is 0.586. The van der Waals surface area contributed by atoms with E-state index in [4.69, 9.17) is 4.98 Å². The summed E-state index contributed by atoms with van der Waals surface area (Å²) in [4.78, 5) is 9.81. The van der Waals surface area contributed by atoms with Crippen LogP contribution >= 0.6 is 0 Å². The van der Waals surface area contributed by atoms with Gasteiger partial charge in [0.15, 0.2) is 0 Å². The van der Waals surface area contributed by atoms with Crippen molar-refractivity contribution in [3.8, 4) is 0 Å². The maximum Gasteiger partial charge on any atom is 0.133 e. The maximum absolute atomic E-state index is 4.70. The summed E-state index contributed by atoms with van der Waals surface area (Å²) in [6, 6.07) is 5.00. The highest BCUT2D eigenvalue weighted by atomic mass is 15.2. The highest BCUT2D eigenvalue weighted by Gasteiger charge is 2.27. The molecule has 2 aliphatic heterocycles. The van der Waals surface area contributed by atoms with E-state index in [1.165, 1.54) is 63.1 Å². The molecule has 3 rings (SSSR count). The topological polar surface area (TPSA) is 19.4 Å². The molecule has 2 aliphatic rings. The van der Waals surface area contributed by atoms with E-state index in [2.05, 4.69) is 28.9 Å². The molecule has 0 saturated carbocycles. The standard InChI is InChI=1S/C16H25N3/c1-2-18-11-4-3-9-15(18)14-8-7-10-17-16(14)19-12-5-6-13-19/h7-8,10,15H,2-6,9,11-13H2,1H3/t15-/m0/s1. The molecule has 3 heterocycles. The van der Waals surface area contributed by atoms with E-state index in [-0.39, 0.29) is 0 Å². The Balaban J connectivity index is 1.90. The van der Waals surface area contributed by atoms with Crippen LogP contribution in [0.3, 0.4) is 0 Å². The lowest BCUT2D eigenvalue weighted by Crippen LogP contribution is -2.34. The van der Waals surface area contributed by atoms with Gasteiger partial charge in [0.25, 0.3) is 0 Å². The Morgan fingerprint density at radius 1 is 1.16 bits per heavy atom. The summed E-state index contributed by atoms with van der Waals surface area (Å²) in [7, 11) is 0. The van der Waals surface area contributed by atoms with Crippen molar-refractivity contribution >= 4 is 5.82 Å². The third-order valence-corrected chi connectivity index (χ3v) is 4.60. The van der Waals surface area contributed by atoms with Gasteiger partial charge < -0.3 is 4.90 Å². The molecule has 3 nitrogen and oxygen atoms in total. The third-order valence-electron chi connectivity index (χ3n) is 4.60. The normalized spacial score (nSPS) is 24.9. The first-order chi connectivity index (χ1) is 9.40. The van der Waals surface area contributed by atoms with Crippen LogP contribution in [0.2, 0.25) is 0 Å². The zero-order chi connectivity index (χ0) is 13.1. The molecule has 0 unspecified atom stereocenters. The van der Waals surface area contributed by atoms with Crippen LogP contribution in [0.4, 0.5) is 5.82 Å². The summed E-state index contributed by atoms with van der Waals surface area (Å²) in [6.07, 6.45) is 8.59. The van der Waals surface area contributed by atoms with E-state index in [1.54, 1.807) is 0 Å². The molecule has 2 saturated heterocycles. The fraction of sp³-hybridized carbons (Fsp3) is 0.688. The minimum Gasteiger partial charge on any atom is -0.356 e. The van der Waals surface area contributed by atoms with Crippen LogP contribution in [0, 0.1) is 0 Å². The Labute approximate surface area is 116 Å². The lowest BCUT2D eigenvalue weighted by Gasteiger charge is -2.36. The molecule has 0 spiro atoms. The Hall–Kier alpha value is -1.09. The van der Waals surface area contributed by atoms with Gasteiger partial charge in [-0.05, 0) is 44.8 Å². The quantitative estimate of drug-likeness (QED) is 0.831. The zero-order valence-corrected chi connectivity index (χ0v) is 12.0. The van der Waals surface area contributed by atoms with Gasteiger partial charge in [-0.1, -0.05) is 19.4 Å². The lowest BCUT2D eigenvalue weighted by molar-refractivity contribution is 0.157. The van der Waals surface area contributed by atoms with Crippen LogP contribution in [0.15, 0.2) is 18.3 Å². The number of nitrogens with zero attached hydrogens (tertiary/aromatic N) is 3. The van der Waals surface area contributed by atoms with Gasteiger partial charge in [0.05, 0.1) is 0 Å². The molecule has 2 fully saturated rings. The average Bonchev–Trinajstić information content (AvgIpc) is 3.01. The molecule has 1 aromatic heterocycles. The highest BCUT2D eigenvalue weighted by molar-refractivity contribution is 5.49. The number of aromatic nitrogens is 1. The summed E-state index contributed by atoms with van der Waals surface area (Å²) in [6.45, 7) is 7.05. The molecule has 0 aromatic carbocycles. The number of hydrogen-bond acceptors (Lipinski definition) is 3. The number of anilines is 1. The second kappa shape index (κ2) is 5.91. The van der Waals surface area contributed by atoms with Gasteiger partial charge in [-0.2, -0.15) is 0 Å². The molecule has 19 heavy (non-hydrogen) atoms. The van der Waals surface area contributed by atoms with E-state index >= 15 is 0 Å². The summed E-state index contributed by atoms with van der Waals surface area (Å²) >= 11 is 0. The Bertz CT molecular complexity index is 412. The number of hydrogen-bond donors (Lipinski definition) is 0. The van der Waals surface area contributed by atoms with Crippen molar-refractivity contribution in [3.63, 3.8) is 0 Å². The number of piperidine rings is 1. The molecule has 0 aliphatic carbocycles. The Morgan fingerprint density at radius 3 is 2.74 bits per heavy atom. The molecule has 1 atom stereocenters. The lowest BCUT2D eigenvalue weighted by atomic mass is 9.95. The van der Waals surface area contributed by atoms with Gasteiger partial charge >= 0.3 is 0 Å². The van der Waals surface area contributed by atoms with Gasteiger partial charge in [-0.15, -0.1) is 0 Å². The second-order valence-corrected chi connectivity index (χ2v) is 5.75. The molecular weight excluding hydrogens is 234 g/mol. The van der Waals surface area contributed by atoms with Gasteiger partial charge in [0.1, 0.15) is 5.82 Å². The predicted octanol–water partition coefficient (Wildman–Crippen LogP) is 3.23. The van der Waals surface area contributed by atoms with Crippen molar-refractivity contribution < 1.29 is 0 Å². The van der Waals surface area contributed by atoms with E-state index < -0.39 is 0 Å². The van der Waals surface area contributed by atoms with Crippen LogP contribution < -0.4 is 4.90 Å². The average molecular weight is 259 g/mol. The van der Waals surface area contributed by atoms with Crippen molar-refractivity contribution in [3.05, 3.63) is 23.9 Å². The number of pyridine rings is 1. The molecule has 0 amide bonds. The molecule has 1 aromatic rings. The first kappa shape index (κ1) is 12.9. The van der Waals surface area contributed by atoms with Crippen molar-refractivity contribution in [1.82, 2.24) is 9.88 Å². The van der Waals surface area contributed by atoms with Crippen molar-refractivity contribution in [2.24, 2.45) is 0 Å². The summed E-state index contributed by atoms with van der Waals surface area (Å²) in [5.74, 6) is 1.25. The van der Waals surface area contributed by atoms with Crippen LogP contribution in [0.25, 0.3) is 0 Å². The van der Waals surface area contributed by atoms with Crippen LogP contribution in [0.5, 0.6) is 0 Å². The zero-order valence-electron chi connectivity index (χ0n) is 12.0. The van der Waals surface area contributed by atoms with Crippen molar-refractivity contribution in [1.29, 1.82) is 0 Å². The molecule has 0 radical (unpaired) electrons. The van der Waals surface area contributed by atoms with E-state index in [0.717, 1.165) is 6.54 Å². The number of likely N-dealkylation sites (tertiary alicyclic amines) is 1. The van der Waals surface area contributed by atoms with Gasteiger partial charge in [0.2, 0.25) is 0 Å². The van der Waals surface area contributed by atoms with Crippen molar-refractivity contribution in [2.45, 2.75) is 45.1 Å². The molecule has 104 valence electrons. The monoisotopic (exact) mass is 259 g/mol. The minimum absolute atomic E-state index is 0.586. The van der Waals surface area contributed by atoms with E-state index in [1.807, 2.05) is 6.20 Å². The summed E-state index contributed by atoms with van der Waals surface area (Å²) in [5, 5.41) is 0. The van der Waals surface area contributed by atoms with Crippen LogP contribution in [-0.2, 0) is 0 Å². The Morgan fingerprint density at radius 2 is 1.95 bits per heavy atom. The van der Waals surface area contributed by atoms with Gasteiger partial charge in [-0.3, -0.25) is 4.90 Å². The largest absolute Gasteiger partial charge is 0.356 e. The van der Waals surface area contributed by atoms with Crippen LogP contribution in [-0.4, -0.2) is 36.1 Å². The SMILES string of the molecule is CCN1CCCC[C@H]1c1cccnc1N1CCCC1. The fourth-order valence-corrected chi connectivity index (χ4v) is 3.58. The van der Waals surface area contributed by atoms with Gasteiger partial charge in [-0.25, -0.2) is 4.98 Å². The maximum atomic E-state index is 4.70. The fourth-order valence-electron chi connectivity index (χ4n) is 3.58. The molecule has 0 bridgehead atoms. The third kappa shape index (κ3) is 2.62. The van der Waals surface area contributed by atoms with Crippen molar-refractivity contribution in [2.75, 3.05) is 31.1 Å². The molecular formula is C16H25N3. The summed E-state index contributed by atoms with van der Waals surface area (Å²) < 4.78 is 0. The predicted molar refractivity (Wildman–Crippen MR) is 79.5 cm³/mol. The van der Waals surface area contributed by atoms with E-state index in [9.17, 15) is 0 Å². The Kier molecular flexibility index (Phi) is 4.02. The smallest absolute Gasteiger partial charge is 0.133 e. The first-order valence-corrected chi connectivity index (χ1v) is 7.84. The van der Waals surface area contributed by atoms with E-state index in [0.29, 0.717) is 6.04 Å².